The number of hydrogen-bond acceptors (Lipinski definition) is 6. The molecule has 3 heterocycles. The number of halogens is 1. The molecule has 0 bridgehead atoms. The molecule has 0 atom stereocenters. The fourth-order valence-corrected chi connectivity index (χ4v) is 3.77. The molecular formula is C22H18ClN5O4. The molecule has 1 amide bonds. The third kappa shape index (κ3) is 3.67. The van der Waals surface area contributed by atoms with E-state index in [1.54, 1.807) is 55.6 Å². The Morgan fingerprint density at radius 1 is 1.16 bits per heavy atom. The molecule has 5 rings (SSSR count). The molecule has 2 aromatic heterocycles. The van der Waals surface area contributed by atoms with Crippen molar-refractivity contribution in [3.63, 3.8) is 0 Å². The molecule has 9 nitrogen and oxygen atoms in total. The minimum atomic E-state index is -0.430. The first-order chi connectivity index (χ1) is 15.5. The van der Waals surface area contributed by atoms with Gasteiger partial charge in [-0.15, -0.1) is 0 Å². The first kappa shape index (κ1) is 20.1. The number of nitrogens with zero attached hydrogens (tertiary/aromatic N) is 4. The molecule has 0 spiro atoms. The number of rotatable bonds is 4. The minimum Gasteiger partial charge on any atom is -0.486 e. The first-order valence-corrected chi connectivity index (χ1v) is 10.3. The zero-order chi connectivity index (χ0) is 22.2. The van der Waals surface area contributed by atoms with Gasteiger partial charge in [-0.2, -0.15) is 10.2 Å². The lowest BCUT2D eigenvalue weighted by Crippen LogP contribution is -2.31. The summed E-state index contributed by atoms with van der Waals surface area (Å²) in [5.74, 6) is 0.790. The molecule has 1 aliphatic rings. The summed E-state index contributed by atoms with van der Waals surface area (Å²) < 4.78 is 13.7. The lowest BCUT2D eigenvalue weighted by molar-refractivity contribution is -0.117. The van der Waals surface area contributed by atoms with Gasteiger partial charge in [0.15, 0.2) is 11.5 Å². The number of anilines is 1. The van der Waals surface area contributed by atoms with Crippen LogP contribution in [0.3, 0.4) is 0 Å². The zero-order valence-electron chi connectivity index (χ0n) is 17.0. The highest BCUT2D eigenvalue weighted by Gasteiger charge is 2.18. The van der Waals surface area contributed by atoms with Gasteiger partial charge in [-0.05, 0) is 37.3 Å². The molecule has 32 heavy (non-hydrogen) atoms. The molecule has 2 aromatic carbocycles. The van der Waals surface area contributed by atoms with Gasteiger partial charge in [0.2, 0.25) is 5.91 Å². The Hall–Kier alpha value is -3.85. The smallest absolute Gasteiger partial charge is 0.293 e. The van der Waals surface area contributed by atoms with Crippen LogP contribution >= 0.6 is 11.6 Å². The van der Waals surface area contributed by atoms with E-state index in [9.17, 15) is 9.59 Å². The maximum Gasteiger partial charge on any atom is 0.293 e. The van der Waals surface area contributed by atoms with Crippen LogP contribution in [0.25, 0.3) is 16.6 Å². The highest BCUT2D eigenvalue weighted by atomic mass is 35.5. The van der Waals surface area contributed by atoms with E-state index < -0.39 is 11.5 Å². The van der Waals surface area contributed by atoms with Gasteiger partial charge in [0.05, 0.1) is 17.6 Å². The number of fused-ring (bicyclic) bond motifs is 2. The second-order valence-corrected chi connectivity index (χ2v) is 7.69. The molecule has 0 fully saturated rings. The van der Waals surface area contributed by atoms with Crippen molar-refractivity contribution in [2.24, 2.45) is 0 Å². The van der Waals surface area contributed by atoms with Crippen molar-refractivity contribution < 1.29 is 14.3 Å². The summed E-state index contributed by atoms with van der Waals surface area (Å²) in [6.07, 6.45) is 1.58. The van der Waals surface area contributed by atoms with Crippen LogP contribution in [0.4, 0.5) is 5.69 Å². The summed E-state index contributed by atoms with van der Waals surface area (Å²) in [5.41, 5.74) is 1.66. The minimum absolute atomic E-state index is 0.259. The molecule has 0 radical (unpaired) electrons. The van der Waals surface area contributed by atoms with Gasteiger partial charge in [-0.1, -0.05) is 17.7 Å². The average molecular weight is 452 g/mol. The van der Waals surface area contributed by atoms with E-state index >= 15 is 0 Å². The van der Waals surface area contributed by atoms with Crippen molar-refractivity contribution in [1.82, 2.24) is 19.6 Å². The van der Waals surface area contributed by atoms with Crippen LogP contribution in [-0.4, -0.2) is 38.7 Å². The van der Waals surface area contributed by atoms with Crippen LogP contribution in [0, 0.1) is 6.92 Å². The number of nitrogens with one attached hydrogen (secondary N) is 1. The number of aryl methyl sites for hydroxylation is 1. The third-order valence-electron chi connectivity index (χ3n) is 5.04. The van der Waals surface area contributed by atoms with Gasteiger partial charge in [0, 0.05) is 22.2 Å². The molecule has 1 aliphatic heterocycles. The number of ether oxygens (including phenoxy) is 2. The Morgan fingerprint density at radius 3 is 2.78 bits per heavy atom. The highest BCUT2D eigenvalue weighted by Crippen LogP contribution is 2.32. The fraction of sp³-hybridized carbons (Fsp3) is 0.182. The molecule has 0 saturated carbocycles. The quantitative estimate of drug-likeness (QED) is 0.512. The van der Waals surface area contributed by atoms with E-state index in [4.69, 9.17) is 21.1 Å². The van der Waals surface area contributed by atoms with Crippen molar-refractivity contribution in [3.05, 3.63) is 69.7 Å². The van der Waals surface area contributed by atoms with E-state index in [2.05, 4.69) is 15.5 Å². The van der Waals surface area contributed by atoms with Gasteiger partial charge in [0.25, 0.3) is 5.56 Å². The van der Waals surface area contributed by atoms with Crippen molar-refractivity contribution >= 4 is 34.1 Å². The lowest BCUT2D eigenvalue weighted by Gasteiger charge is -2.19. The van der Waals surface area contributed by atoms with E-state index in [0.29, 0.717) is 57.7 Å². The van der Waals surface area contributed by atoms with Gasteiger partial charge in [-0.25, -0.2) is 9.36 Å². The molecule has 0 saturated heterocycles. The molecule has 162 valence electrons. The first-order valence-electron chi connectivity index (χ1n) is 9.90. The van der Waals surface area contributed by atoms with Crippen LogP contribution in [0.15, 0.2) is 53.5 Å². The molecule has 0 unspecified atom stereocenters. The van der Waals surface area contributed by atoms with Crippen molar-refractivity contribution in [2.75, 3.05) is 18.5 Å². The lowest BCUT2D eigenvalue weighted by atomic mass is 10.2. The molecule has 0 aliphatic carbocycles. The molecular weight excluding hydrogens is 434 g/mol. The van der Waals surface area contributed by atoms with Crippen molar-refractivity contribution in [2.45, 2.75) is 13.5 Å². The molecule has 1 N–H and O–H groups in total. The maximum atomic E-state index is 13.2. The van der Waals surface area contributed by atoms with E-state index in [1.165, 1.54) is 4.68 Å². The molecule has 4 aromatic rings. The van der Waals surface area contributed by atoms with E-state index in [1.807, 2.05) is 0 Å². The second-order valence-electron chi connectivity index (χ2n) is 7.25. The van der Waals surface area contributed by atoms with Crippen LogP contribution < -0.4 is 20.3 Å². The Labute approximate surface area is 187 Å². The van der Waals surface area contributed by atoms with Crippen molar-refractivity contribution in [1.29, 1.82) is 0 Å². The summed E-state index contributed by atoms with van der Waals surface area (Å²) in [6.45, 7) is 2.44. The maximum absolute atomic E-state index is 13.2. The Morgan fingerprint density at radius 2 is 1.97 bits per heavy atom. The molecule has 10 heteroatoms. The standard InChI is InChI=1S/C22H18ClN5O4/c1-13-17-11-24-28(16-4-2-3-14(23)9-16)21(17)22(30)27(26-13)12-20(29)25-15-5-6-18-19(10-15)32-8-7-31-18/h2-6,9-11H,7-8,12H2,1H3,(H,25,29). The number of benzene rings is 2. The summed E-state index contributed by atoms with van der Waals surface area (Å²) in [6, 6.07) is 12.2. The second kappa shape index (κ2) is 8.01. The largest absolute Gasteiger partial charge is 0.486 e. The van der Waals surface area contributed by atoms with Gasteiger partial charge in [0.1, 0.15) is 25.3 Å². The summed E-state index contributed by atoms with van der Waals surface area (Å²) in [4.78, 5) is 25.9. The van der Waals surface area contributed by atoms with Crippen molar-refractivity contribution in [3.8, 4) is 17.2 Å². The fourth-order valence-electron chi connectivity index (χ4n) is 3.59. The Kier molecular flexibility index (Phi) is 5.02. The zero-order valence-corrected chi connectivity index (χ0v) is 17.8. The van der Waals surface area contributed by atoms with Crippen LogP contribution in [0.5, 0.6) is 11.5 Å². The topological polar surface area (TPSA) is 100 Å². The Balaban J connectivity index is 1.45. The van der Waals surface area contributed by atoms with Crippen LogP contribution in [0.2, 0.25) is 5.02 Å². The Bertz CT molecular complexity index is 1410. The van der Waals surface area contributed by atoms with E-state index in [-0.39, 0.29) is 6.54 Å². The van der Waals surface area contributed by atoms with Gasteiger partial charge in [-0.3, -0.25) is 9.59 Å². The summed E-state index contributed by atoms with van der Waals surface area (Å²) in [7, 11) is 0. The van der Waals surface area contributed by atoms with Gasteiger partial charge >= 0.3 is 0 Å². The number of hydrogen-bond donors (Lipinski definition) is 1. The number of amides is 1. The monoisotopic (exact) mass is 451 g/mol. The van der Waals surface area contributed by atoms with E-state index in [0.717, 1.165) is 4.68 Å². The predicted octanol–water partition coefficient (Wildman–Crippen LogP) is 2.95. The highest BCUT2D eigenvalue weighted by molar-refractivity contribution is 6.30. The normalized spacial score (nSPS) is 12.7. The SMILES string of the molecule is Cc1nn(CC(=O)Nc2ccc3c(c2)OCCO3)c(=O)c2c1cnn2-c1cccc(Cl)c1. The third-order valence-corrected chi connectivity index (χ3v) is 5.27. The average Bonchev–Trinajstić information content (AvgIpc) is 3.23. The number of carbonyl (C=O) groups excluding carboxylic acids is 1. The summed E-state index contributed by atoms with van der Waals surface area (Å²) in [5, 5.41) is 12.5. The van der Waals surface area contributed by atoms with Gasteiger partial charge < -0.3 is 14.8 Å². The van der Waals surface area contributed by atoms with Crippen LogP contribution in [0.1, 0.15) is 5.69 Å². The number of carbonyl (C=O) groups is 1. The van der Waals surface area contributed by atoms with Crippen LogP contribution in [-0.2, 0) is 11.3 Å². The summed E-state index contributed by atoms with van der Waals surface area (Å²) >= 11 is 6.10. The number of aromatic nitrogens is 4. The predicted molar refractivity (Wildman–Crippen MR) is 119 cm³/mol.